The summed E-state index contributed by atoms with van der Waals surface area (Å²) in [4.78, 5) is 35.3. The van der Waals surface area contributed by atoms with Gasteiger partial charge in [-0.3, -0.25) is 9.69 Å². The molecule has 7 aromatic rings. The molecule has 1 fully saturated rings. The van der Waals surface area contributed by atoms with Gasteiger partial charge in [-0.05, 0) is 115 Å². The van der Waals surface area contributed by atoms with Gasteiger partial charge in [0.15, 0.2) is 6.61 Å². The Morgan fingerprint density at radius 3 is 1.83 bits per heavy atom. The molecule has 2 aliphatic rings. The average Bonchev–Trinajstić information content (AvgIpc) is 4.18. The lowest BCUT2D eigenvalue weighted by molar-refractivity contribution is -0.118. The summed E-state index contributed by atoms with van der Waals surface area (Å²) in [7, 11) is 1.44. The van der Waals surface area contributed by atoms with E-state index in [-0.39, 0.29) is 63.2 Å². The number of amides is 2. The first-order valence-electron chi connectivity index (χ1n) is 26.3. The van der Waals surface area contributed by atoms with E-state index in [2.05, 4.69) is 68.0 Å². The van der Waals surface area contributed by atoms with Crippen molar-refractivity contribution < 1.29 is 42.3 Å². The van der Waals surface area contributed by atoms with Crippen molar-refractivity contribution in [2.24, 2.45) is 0 Å². The largest absolute Gasteiger partial charge is 0.497 e. The minimum atomic E-state index is -1.82. The first kappa shape index (κ1) is 55.1. The number of rotatable bonds is 23. The molecule has 78 heavy (non-hydrogen) atoms. The van der Waals surface area contributed by atoms with Crippen LogP contribution in [0.5, 0.6) is 17.2 Å². The Kier molecular flexibility index (Phi) is 18.2. The molecular formula is C63H66N5O9P. The predicted molar refractivity (Wildman–Crippen MR) is 301 cm³/mol. The van der Waals surface area contributed by atoms with Gasteiger partial charge in [0.05, 0.1) is 58.1 Å². The number of anilines is 1. The third kappa shape index (κ3) is 12.2. The van der Waals surface area contributed by atoms with Gasteiger partial charge in [0, 0.05) is 30.6 Å². The van der Waals surface area contributed by atoms with Crippen LogP contribution in [0, 0.1) is 11.3 Å². The Bertz CT molecular complexity index is 3020. The molecule has 1 aliphatic heterocycles. The Morgan fingerprint density at radius 1 is 0.718 bits per heavy atom. The zero-order chi connectivity index (χ0) is 54.6. The van der Waals surface area contributed by atoms with Crippen LogP contribution >= 0.6 is 8.53 Å². The maximum atomic E-state index is 15.7. The normalized spacial score (nSPS) is 16.4. The van der Waals surface area contributed by atoms with Crippen LogP contribution in [0.4, 0.5) is 10.6 Å². The lowest BCUT2D eigenvalue weighted by atomic mass is 9.80. The van der Waals surface area contributed by atoms with Gasteiger partial charge in [0.25, 0.3) is 14.4 Å². The van der Waals surface area contributed by atoms with Crippen molar-refractivity contribution in [2.45, 2.75) is 82.3 Å². The lowest BCUT2D eigenvalue weighted by Gasteiger charge is -2.40. The number of likely N-dealkylation sites (tertiary alicyclic amines) is 1. The summed E-state index contributed by atoms with van der Waals surface area (Å²) in [6.07, 6.45) is 0.818. The number of ether oxygens (including phenoxy) is 5. The molecule has 0 saturated carbocycles. The fourth-order valence-electron chi connectivity index (χ4n) is 10.6. The smallest absolute Gasteiger partial charge is 0.410 e. The Labute approximate surface area is 458 Å². The van der Waals surface area contributed by atoms with Gasteiger partial charge in [-0.25, -0.2) is 14.4 Å². The average molecular weight is 1070 g/mol. The fraction of sp³-hybridized carbons (Fsp3) is 0.302. The minimum absolute atomic E-state index is 0.00995. The second-order valence-corrected chi connectivity index (χ2v) is 21.1. The van der Waals surface area contributed by atoms with Gasteiger partial charge in [-0.15, -0.1) is 0 Å². The van der Waals surface area contributed by atoms with E-state index in [0.717, 1.165) is 38.9 Å². The van der Waals surface area contributed by atoms with Gasteiger partial charge in [0.1, 0.15) is 35.3 Å². The first-order valence-corrected chi connectivity index (χ1v) is 27.5. The molecule has 1 aromatic heterocycles. The molecule has 4 atom stereocenters. The third-order valence-electron chi connectivity index (χ3n) is 14.2. The summed E-state index contributed by atoms with van der Waals surface area (Å²) in [5.74, 6) is 1.62. The van der Waals surface area contributed by atoms with E-state index in [0.29, 0.717) is 28.6 Å². The SMILES string of the molecule is COc1ccc(C(OC[C@@H]2[C@@H](OP(OCCC#N)N(C(C)C)C(C)C)C[C@H](c3ccc(NC(=O)COc4ccccc4)nc3)N2C(=O)OCC2c3ccccc3-c3ccccc32)(c2ccccc2)c2ccc(OC)cc2)cc1. The van der Waals surface area contributed by atoms with Crippen molar-refractivity contribution in [1.29, 1.82) is 5.26 Å². The van der Waals surface area contributed by atoms with Crippen molar-refractivity contribution in [3.05, 3.63) is 209 Å². The van der Waals surface area contributed by atoms with Crippen LogP contribution in [-0.2, 0) is 28.9 Å². The van der Waals surface area contributed by atoms with Crippen molar-refractivity contribution in [2.75, 3.05) is 46.0 Å². The molecular weight excluding hydrogens is 1000 g/mol. The monoisotopic (exact) mass is 1070 g/mol. The molecule has 1 aliphatic carbocycles. The number of nitrogens with one attached hydrogen (secondary N) is 1. The van der Waals surface area contributed by atoms with Crippen LogP contribution < -0.4 is 19.5 Å². The maximum absolute atomic E-state index is 15.7. The molecule has 1 N–H and O–H groups in total. The van der Waals surface area contributed by atoms with Crippen LogP contribution in [0.2, 0.25) is 0 Å². The predicted octanol–water partition coefficient (Wildman–Crippen LogP) is 12.9. The van der Waals surface area contributed by atoms with Crippen molar-refractivity contribution in [3.8, 4) is 34.4 Å². The molecule has 1 saturated heterocycles. The van der Waals surface area contributed by atoms with E-state index < -0.39 is 38.4 Å². The Balaban J connectivity index is 1.15. The number of nitrogens with zero attached hydrogens (tertiary/aromatic N) is 4. The van der Waals surface area contributed by atoms with E-state index in [9.17, 15) is 10.1 Å². The fourth-order valence-corrected chi connectivity index (χ4v) is 12.4. The van der Waals surface area contributed by atoms with Gasteiger partial charge in [0.2, 0.25) is 0 Å². The minimum Gasteiger partial charge on any atom is -0.497 e. The highest BCUT2D eigenvalue weighted by Gasteiger charge is 2.50. The number of hydrogen-bond acceptors (Lipinski definition) is 12. The van der Waals surface area contributed by atoms with Crippen molar-refractivity contribution >= 4 is 26.3 Å². The van der Waals surface area contributed by atoms with Crippen molar-refractivity contribution in [3.63, 3.8) is 0 Å². The summed E-state index contributed by atoms with van der Waals surface area (Å²) in [6, 6.07) is 55.5. The molecule has 9 rings (SSSR count). The van der Waals surface area contributed by atoms with Crippen LogP contribution in [0.1, 0.15) is 85.9 Å². The van der Waals surface area contributed by atoms with Crippen LogP contribution in [0.3, 0.4) is 0 Å². The number of nitriles is 1. The highest BCUT2D eigenvalue weighted by atomic mass is 31.2. The van der Waals surface area contributed by atoms with E-state index in [1.54, 1.807) is 43.5 Å². The summed E-state index contributed by atoms with van der Waals surface area (Å²) in [5.41, 5.74) is 6.24. The number of fused-ring (bicyclic) bond motifs is 3. The number of aromatic nitrogens is 1. The van der Waals surface area contributed by atoms with Gasteiger partial charge >= 0.3 is 6.09 Å². The highest BCUT2D eigenvalue weighted by molar-refractivity contribution is 7.44. The summed E-state index contributed by atoms with van der Waals surface area (Å²) in [6.45, 7) is 8.28. The third-order valence-corrected chi connectivity index (χ3v) is 16.4. The Hall–Kier alpha value is -7.63. The molecule has 2 amide bonds. The molecule has 2 heterocycles. The van der Waals surface area contributed by atoms with Gasteiger partial charge < -0.3 is 38.0 Å². The number of hydrogen-bond donors (Lipinski definition) is 1. The molecule has 0 spiro atoms. The van der Waals surface area contributed by atoms with Crippen LogP contribution in [0.25, 0.3) is 11.1 Å². The number of pyridine rings is 1. The molecule has 0 bridgehead atoms. The molecule has 402 valence electrons. The summed E-state index contributed by atoms with van der Waals surface area (Å²) >= 11 is 0. The van der Waals surface area contributed by atoms with E-state index >= 15 is 4.79 Å². The molecule has 15 heteroatoms. The summed E-state index contributed by atoms with van der Waals surface area (Å²) < 4.78 is 47.4. The highest BCUT2D eigenvalue weighted by Crippen LogP contribution is 2.53. The number of methoxy groups -OCH3 is 2. The van der Waals surface area contributed by atoms with Crippen LogP contribution in [-0.4, -0.2) is 91.4 Å². The van der Waals surface area contributed by atoms with Gasteiger partial charge in [-0.2, -0.15) is 5.26 Å². The zero-order valence-electron chi connectivity index (χ0n) is 44.9. The van der Waals surface area contributed by atoms with E-state index in [1.807, 2.05) is 127 Å². The van der Waals surface area contributed by atoms with Gasteiger partial charge in [-0.1, -0.05) is 127 Å². The zero-order valence-corrected chi connectivity index (χ0v) is 45.8. The molecule has 1 unspecified atom stereocenters. The second-order valence-electron chi connectivity index (χ2n) is 19.7. The quantitative estimate of drug-likeness (QED) is 0.0368. The number of para-hydroxylation sites is 1. The van der Waals surface area contributed by atoms with Crippen LogP contribution in [0.15, 0.2) is 176 Å². The number of carbonyl (C=O) groups is 2. The maximum Gasteiger partial charge on any atom is 0.410 e. The van der Waals surface area contributed by atoms with E-state index in [1.165, 1.54) is 0 Å². The standard InChI is InChI=1S/C63H66N5O9P/c1-43(2)68(44(3)4)78(76-37-17-36-64)77-59-38-57(45-26-35-60(65-39-45)66-61(69)42-73-51-20-11-8-12-21-51)67(62(70)74-40-56-54-24-15-13-22-52(54)53-23-14-16-25-55(53)56)58(59)41-75-63(46-18-9-7-10-19-46,47-27-31-49(71-5)32-28-47)48-29-33-50(72-6)34-30-48/h7-16,18-35,39,43-44,56-59H,17,37-38,40-42H2,1-6H3,(H,65,66,69)/t57-,58-,59+,78?/m1/s1. The van der Waals surface area contributed by atoms with E-state index in [4.69, 9.17) is 37.7 Å². The molecule has 6 aromatic carbocycles. The lowest BCUT2D eigenvalue weighted by Crippen LogP contribution is -2.47. The van der Waals surface area contributed by atoms with Crippen molar-refractivity contribution in [1.82, 2.24) is 14.6 Å². The second kappa shape index (κ2) is 25.7. The number of carbonyl (C=O) groups excluding carboxylic acids is 2. The Morgan fingerprint density at radius 2 is 1.28 bits per heavy atom. The molecule has 0 radical (unpaired) electrons. The molecule has 14 nitrogen and oxygen atoms in total. The topological polar surface area (TPSA) is 154 Å². The first-order chi connectivity index (χ1) is 38.0. The summed E-state index contributed by atoms with van der Waals surface area (Å²) in [5, 5.41) is 12.5. The number of benzene rings is 6.